The highest BCUT2D eigenvalue weighted by Gasteiger charge is 2.33. The highest BCUT2D eigenvalue weighted by Crippen LogP contribution is 2.42. The van der Waals surface area contributed by atoms with Crippen molar-refractivity contribution in [1.82, 2.24) is 9.78 Å². The molecule has 3 aromatic rings. The van der Waals surface area contributed by atoms with E-state index < -0.39 is 6.23 Å². The molecule has 1 aliphatic heterocycles. The van der Waals surface area contributed by atoms with Crippen LogP contribution in [0.4, 0.5) is 0 Å². The summed E-state index contributed by atoms with van der Waals surface area (Å²) in [7, 11) is 0. The maximum atomic E-state index is 9.71. The molecule has 0 aliphatic carbocycles. The SMILES string of the molecule is Cc1nn(-c2ccc(I)cc2)c2c1C(c1ccc(Br)cc1)=C(C#N)C(N)O2. The van der Waals surface area contributed by atoms with Crippen LogP contribution >= 0.6 is 38.5 Å². The second-order valence-electron chi connectivity index (χ2n) is 6.10. The van der Waals surface area contributed by atoms with Crippen LogP contribution in [-0.2, 0) is 0 Å². The minimum atomic E-state index is -0.847. The second-order valence-corrected chi connectivity index (χ2v) is 8.26. The number of fused-ring (bicyclic) bond motifs is 1. The molecule has 2 N–H and O–H groups in total. The van der Waals surface area contributed by atoms with Crippen LogP contribution in [0.3, 0.4) is 0 Å². The maximum absolute atomic E-state index is 9.71. The molecule has 5 nitrogen and oxygen atoms in total. The number of rotatable bonds is 2. The van der Waals surface area contributed by atoms with Gasteiger partial charge in [-0.25, -0.2) is 4.68 Å². The Balaban J connectivity index is 1.97. The average Bonchev–Trinajstić information content (AvgIpc) is 2.98. The van der Waals surface area contributed by atoms with E-state index in [-0.39, 0.29) is 0 Å². The minimum Gasteiger partial charge on any atom is -0.453 e. The van der Waals surface area contributed by atoms with Crippen LogP contribution < -0.4 is 10.5 Å². The van der Waals surface area contributed by atoms with Gasteiger partial charge >= 0.3 is 0 Å². The van der Waals surface area contributed by atoms with Gasteiger partial charge in [-0.05, 0) is 71.5 Å². The van der Waals surface area contributed by atoms with Crippen molar-refractivity contribution >= 4 is 44.1 Å². The number of aromatic nitrogens is 2. The Kier molecular flexibility index (Phi) is 4.80. The lowest BCUT2D eigenvalue weighted by atomic mass is 9.91. The fourth-order valence-electron chi connectivity index (χ4n) is 3.15. The van der Waals surface area contributed by atoms with E-state index in [2.05, 4.69) is 49.7 Å². The number of nitrogens with zero attached hydrogens (tertiary/aromatic N) is 3. The summed E-state index contributed by atoms with van der Waals surface area (Å²) in [5.41, 5.74) is 10.7. The summed E-state index contributed by atoms with van der Waals surface area (Å²) in [5, 5.41) is 14.4. The van der Waals surface area contributed by atoms with Crippen LogP contribution in [-0.4, -0.2) is 16.0 Å². The molecule has 1 aromatic heterocycles. The van der Waals surface area contributed by atoms with Gasteiger partial charge in [-0.1, -0.05) is 28.1 Å². The van der Waals surface area contributed by atoms with Crippen LogP contribution in [0.15, 0.2) is 58.6 Å². The van der Waals surface area contributed by atoms with E-state index in [4.69, 9.17) is 10.5 Å². The molecular weight excluding hydrogens is 519 g/mol. The number of aryl methyl sites for hydroxylation is 1. The number of nitrogens with two attached hydrogens (primary N) is 1. The molecule has 0 amide bonds. The normalized spacial score (nSPS) is 15.9. The van der Waals surface area contributed by atoms with Gasteiger partial charge in [-0.2, -0.15) is 10.4 Å². The van der Waals surface area contributed by atoms with Gasteiger partial charge in [0.25, 0.3) is 0 Å². The molecule has 1 atom stereocenters. The molecular formula is C20H14BrIN4O. The fourth-order valence-corrected chi connectivity index (χ4v) is 3.78. The molecule has 0 fully saturated rings. The molecule has 0 saturated heterocycles. The van der Waals surface area contributed by atoms with E-state index >= 15 is 0 Å². The summed E-state index contributed by atoms with van der Waals surface area (Å²) in [6, 6.07) is 18.0. The monoisotopic (exact) mass is 532 g/mol. The largest absolute Gasteiger partial charge is 0.453 e. The Bertz CT molecular complexity index is 1090. The van der Waals surface area contributed by atoms with Crippen LogP contribution in [0, 0.1) is 21.8 Å². The molecule has 0 spiro atoms. The number of hydrogen-bond donors (Lipinski definition) is 1. The van der Waals surface area contributed by atoms with E-state index in [1.807, 2.05) is 55.5 Å². The fraction of sp³-hybridized carbons (Fsp3) is 0.100. The zero-order valence-corrected chi connectivity index (χ0v) is 18.0. The molecule has 4 rings (SSSR count). The first-order valence-corrected chi connectivity index (χ1v) is 10.0. The Labute approximate surface area is 178 Å². The molecule has 1 unspecified atom stereocenters. The zero-order valence-electron chi connectivity index (χ0n) is 14.3. The first kappa shape index (κ1) is 18.2. The van der Waals surface area contributed by atoms with Crippen molar-refractivity contribution < 1.29 is 4.74 Å². The lowest BCUT2D eigenvalue weighted by molar-refractivity contribution is 0.228. The van der Waals surface area contributed by atoms with Crippen molar-refractivity contribution in [1.29, 1.82) is 5.26 Å². The molecule has 7 heteroatoms. The summed E-state index contributed by atoms with van der Waals surface area (Å²) in [6.07, 6.45) is -0.847. The molecule has 0 saturated carbocycles. The predicted octanol–water partition coefficient (Wildman–Crippen LogP) is 4.55. The Morgan fingerprint density at radius 1 is 1.19 bits per heavy atom. The Morgan fingerprint density at radius 3 is 2.48 bits per heavy atom. The third-order valence-corrected chi connectivity index (χ3v) is 5.63. The molecule has 0 radical (unpaired) electrons. The third-order valence-electron chi connectivity index (χ3n) is 4.39. The zero-order chi connectivity index (χ0) is 19.1. The van der Waals surface area contributed by atoms with Crippen molar-refractivity contribution in [3.63, 3.8) is 0 Å². The van der Waals surface area contributed by atoms with E-state index in [1.54, 1.807) is 4.68 Å². The molecule has 2 aromatic carbocycles. The second kappa shape index (κ2) is 7.11. The van der Waals surface area contributed by atoms with Gasteiger partial charge in [0, 0.05) is 13.6 Å². The number of benzene rings is 2. The van der Waals surface area contributed by atoms with Gasteiger partial charge in [0.05, 0.1) is 22.5 Å². The number of halogens is 2. The Morgan fingerprint density at radius 2 is 1.85 bits per heavy atom. The van der Waals surface area contributed by atoms with Gasteiger partial charge < -0.3 is 4.74 Å². The van der Waals surface area contributed by atoms with E-state index in [9.17, 15) is 5.26 Å². The van der Waals surface area contributed by atoms with E-state index in [0.717, 1.165) is 36.1 Å². The first-order chi connectivity index (χ1) is 13.0. The highest BCUT2D eigenvalue weighted by atomic mass is 127. The number of nitriles is 1. The predicted molar refractivity (Wildman–Crippen MR) is 115 cm³/mol. The average molecular weight is 533 g/mol. The van der Waals surface area contributed by atoms with Gasteiger partial charge in [-0.15, -0.1) is 0 Å². The summed E-state index contributed by atoms with van der Waals surface area (Å²) in [6.45, 7) is 1.91. The molecule has 134 valence electrons. The smallest absolute Gasteiger partial charge is 0.226 e. The van der Waals surface area contributed by atoms with Crippen molar-refractivity contribution in [2.45, 2.75) is 13.2 Å². The Hall–Kier alpha value is -2.15. The maximum Gasteiger partial charge on any atom is 0.226 e. The topological polar surface area (TPSA) is 76.9 Å². The van der Waals surface area contributed by atoms with Crippen molar-refractivity contribution in [3.05, 3.63) is 79.0 Å². The minimum absolute atomic E-state index is 0.398. The molecule has 1 aliphatic rings. The number of hydrogen-bond acceptors (Lipinski definition) is 4. The lowest BCUT2D eigenvalue weighted by Gasteiger charge is -2.24. The van der Waals surface area contributed by atoms with Gasteiger partial charge in [0.2, 0.25) is 5.88 Å². The first-order valence-electron chi connectivity index (χ1n) is 8.18. The lowest BCUT2D eigenvalue weighted by Crippen LogP contribution is -2.33. The molecule has 2 heterocycles. The van der Waals surface area contributed by atoms with Crippen molar-refractivity contribution in [2.24, 2.45) is 5.73 Å². The highest BCUT2D eigenvalue weighted by molar-refractivity contribution is 14.1. The van der Waals surface area contributed by atoms with Crippen LogP contribution in [0.1, 0.15) is 16.8 Å². The number of ether oxygens (including phenoxy) is 1. The summed E-state index contributed by atoms with van der Waals surface area (Å²) in [4.78, 5) is 0. The van der Waals surface area contributed by atoms with Crippen LogP contribution in [0.2, 0.25) is 0 Å². The summed E-state index contributed by atoms with van der Waals surface area (Å²) in [5.74, 6) is 0.554. The van der Waals surface area contributed by atoms with Crippen molar-refractivity contribution in [2.75, 3.05) is 0 Å². The van der Waals surface area contributed by atoms with E-state index in [1.165, 1.54) is 0 Å². The third kappa shape index (κ3) is 3.18. The van der Waals surface area contributed by atoms with E-state index in [0.29, 0.717) is 11.5 Å². The molecule has 27 heavy (non-hydrogen) atoms. The van der Waals surface area contributed by atoms with Crippen LogP contribution in [0.5, 0.6) is 5.88 Å². The summed E-state index contributed by atoms with van der Waals surface area (Å²) < 4.78 is 9.78. The van der Waals surface area contributed by atoms with Crippen LogP contribution in [0.25, 0.3) is 11.3 Å². The summed E-state index contributed by atoms with van der Waals surface area (Å²) >= 11 is 5.71. The molecule has 0 bridgehead atoms. The van der Waals surface area contributed by atoms with Gasteiger partial charge in [0.1, 0.15) is 6.07 Å². The standard InChI is InChI=1S/C20H14BrIN4O/c1-11-17-18(12-2-4-13(21)5-3-12)16(10-23)19(24)27-20(17)26(25-11)15-8-6-14(22)7-9-15/h2-9,19H,24H2,1H3. The van der Waals surface area contributed by atoms with Gasteiger partial charge in [0.15, 0.2) is 6.23 Å². The quantitative estimate of drug-likeness (QED) is 0.491. The van der Waals surface area contributed by atoms with Gasteiger partial charge in [-0.3, -0.25) is 5.73 Å². The van der Waals surface area contributed by atoms with Crippen molar-refractivity contribution in [3.8, 4) is 17.6 Å².